The zero-order chi connectivity index (χ0) is 20.1. The van der Waals surface area contributed by atoms with Crippen LogP contribution in [0.2, 0.25) is 18.1 Å². The van der Waals surface area contributed by atoms with Crippen molar-refractivity contribution >= 4 is 8.32 Å². The van der Waals surface area contributed by atoms with Gasteiger partial charge in [-0.15, -0.1) is 0 Å². The van der Waals surface area contributed by atoms with Crippen molar-refractivity contribution in [1.29, 1.82) is 0 Å². The van der Waals surface area contributed by atoms with Crippen LogP contribution in [0, 0.1) is 5.92 Å². The lowest BCUT2D eigenvalue weighted by molar-refractivity contribution is -0.148. The second kappa shape index (κ2) is 9.66. The van der Waals surface area contributed by atoms with Gasteiger partial charge in [0.05, 0.1) is 18.8 Å². The van der Waals surface area contributed by atoms with Crippen molar-refractivity contribution < 1.29 is 18.6 Å². The van der Waals surface area contributed by atoms with Gasteiger partial charge in [-0.25, -0.2) is 0 Å². The number of hydrogen-bond donors (Lipinski definition) is 0. The van der Waals surface area contributed by atoms with Crippen molar-refractivity contribution in [2.24, 2.45) is 5.92 Å². The second-order valence-electron chi connectivity index (χ2n) is 9.24. The van der Waals surface area contributed by atoms with Crippen LogP contribution in [0.15, 0.2) is 30.3 Å². The normalized spacial score (nSPS) is 26.9. The maximum Gasteiger partial charge on any atom is 0.192 e. The fraction of sp³-hybridized carbons (Fsp3) is 0.727. The van der Waals surface area contributed by atoms with E-state index in [0.29, 0.717) is 12.5 Å². The van der Waals surface area contributed by atoms with E-state index in [9.17, 15) is 0 Å². The van der Waals surface area contributed by atoms with Gasteiger partial charge in [0.15, 0.2) is 8.32 Å². The van der Waals surface area contributed by atoms with Crippen LogP contribution >= 0.6 is 0 Å². The number of methoxy groups -OCH3 is 2. The first-order valence-corrected chi connectivity index (χ1v) is 12.9. The van der Waals surface area contributed by atoms with E-state index in [1.807, 2.05) is 18.2 Å². The lowest BCUT2D eigenvalue weighted by Gasteiger charge is -2.46. The van der Waals surface area contributed by atoms with Crippen LogP contribution in [0.3, 0.4) is 0 Å². The molecule has 0 aliphatic heterocycles. The van der Waals surface area contributed by atoms with Gasteiger partial charge in [-0.2, -0.15) is 0 Å². The highest BCUT2D eigenvalue weighted by Gasteiger charge is 2.45. The van der Waals surface area contributed by atoms with Crippen LogP contribution < -0.4 is 0 Å². The largest absolute Gasteiger partial charge is 0.411 e. The molecule has 5 heteroatoms. The van der Waals surface area contributed by atoms with Crippen LogP contribution in [0.1, 0.15) is 39.2 Å². The van der Waals surface area contributed by atoms with E-state index in [1.54, 1.807) is 14.2 Å². The lowest BCUT2D eigenvalue weighted by atomic mass is 9.83. The Bertz CT molecular complexity index is 555. The summed E-state index contributed by atoms with van der Waals surface area (Å²) >= 11 is 0. The zero-order valence-corrected chi connectivity index (χ0v) is 19.2. The monoisotopic (exact) mass is 394 g/mol. The van der Waals surface area contributed by atoms with Gasteiger partial charge >= 0.3 is 0 Å². The average molecular weight is 395 g/mol. The van der Waals surface area contributed by atoms with Crippen molar-refractivity contribution in [3.63, 3.8) is 0 Å². The first kappa shape index (κ1) is 22.6. The third kappa shape index (κ3) is 6.13. The fourth-order valence-corrected chi connectivity index (χ4v) is 4.86. The molecule has 0 aromatic heterocycles. The fourth-order valence-electron chi connectivity index (χ4n) is 3.51. The standard InChI is InChI=1S/C22H38O4Si/c1-22(2,3)27(6,7)26-20-14-18(15-23-4)13-19(24-5)21(20)25-16-17-11-9-8-10-12-17/h8-12,18-21H,13-16H2,1-7H3/t18-,19+,20+,21-/m0/s1. The summed E-state index contributed by atoms with van der Waals surface area (Å²) in [6, 6.07) is 10.3. The summed E-state index contributed by atoms with van der Waals surface area (Å²) in [5, 5.41) is 0.160. The van der Waals surface area contributed by atoms with E-state index in [1.165, 1.54) is 5.56 Å². The topological polar surface area (TPSA) is 36.9 Å². The molecule has 4 atom stereocenters. The molecule has 0 N–H and O–H groups in total. The molecule has 1 aromatic carbocycles. The number of ether oxygens (including phenoxy) is 3. The highest BCUT2D eigenvalue weighted by molar-refractivity contribution is 6.74. The first-order valence-electron chi connectivity index (χ1n) is 10.0. The van der Waals surface area contributed by atoms with Crippen molar-refractivity contribution in [1.82, 2.24) is 0 Å². The van der Waals surface area contributed by atoms with Crippen LogP contribution in [-0.4, -0.2) is 47.5 Å². The molecule has 2 rings (SSSR count). The molecule has 1 saturated carbocycles. The molecule has 0 saturated heterocycles. The van der Waals surface area contributed by atoms with Crippen LogP contribution in [0.25, 0.3) is 0 Å². The molecule has 154 valence electrons. The summed E-state index contributed by atoms with van der Waals surface area (Å²) in [5.74, 6) is 0.436. The van der Waals surface area contributed by atoms with Crippen molar-refractivity contribution in [2.45, 2.75) is 76.7 Å². The Balaban J connectivity index is 2.18. The third-order valence-corrected chi connectivity index (χ3v) is 10.6. The number of benzene rings is 1. The quantitative estimate of drug-likeness (QED) is 0.579. The van der Waals surface area contributed by atoms with E-state index in [-0.39, 0.29) is 23.4 Å². The molecule has 1 aliphatic carbocycles. The van der Waals surface area contributed by atoms with Gasteiger partial charge in [-0.3, -0.25) is 0 Å². The van der Waals surface area contributed by atoms with Gasteiger partial charge in [0.1, 0.15) is 6.10 Å². The minimum Gasteiger partial charge on any atom is -0.411 e. The lowest BCUT2D eigenvalue weighted by Crippen LogP contribution is -2.54. The van der Waals surface area contributed by atoms with E-state index in [4.69, 9.17) is 18.6 Å². The Morgan fingerprint density at radius 3 is 2.19 bits per heavy atom. The summed E-state index contributed by atoms with van der Waals surface area (Å²) in [5.41, 5.74) is 1.18. The molecule has 1 aliphatic rings. The molecule has 1 aromatic rings. The molecule has 0 radical (unpaired) electrons. The predicted octanol–water partition coefficient (Wildman–Crippen LogP) is 5.03. The summed E-state index contributed by atoms with van der Waals surface area (Å²) in [4.78, 5) is 0. The second-order valence-corrected chi connectivity index (χ2v) is 14.0. The molecule has 27 heavy (non-hydrogen) atoms. The van der Waals surface area contributed by atoms with Gasteiger partial charge < -0.3 is 18.6 Å². The predicted molar refractivity (Wildman–Crippen MR) is 112 cm³/mol. The Labute approximate surface area is 166 Å². The maximum absolute atomic E-state index is 6.83. The number of hydrogen-bond acceptors (Lipinski definition) is 4. The van der Waals surface area contributed by atoms with Crippen molar-refractivity contribution in [2.75, 3.05) is 20.8 Å². The molecule has 0 spiro atoms. The summed E-state index contributed by atoms with van der Waals surface area (Å²) < 4.78 is 24.5. The Kier molecular flexibility index (Phi) is 8.07. The third-order valence-electron chi connectivity index (χ3n) is 6.11. The molecule has 0 unspecified atom stereocenters. The zero-order valence-electron chi connectivity index (χ0n) is 18.2. The minimum atomic E-state index is -1.91. The van der Waals surface area contributed by atoms with Gasteiger partial charge in [-0.05, 0) is 42.5 Å². The van der Waals surface area contributed by atoms with E-state index in [0.717, 1.165) is 19.4 Å². The highest BCUT2D eigenvalue weighted by atomic mass is 28.4. The van der Waals surface area contributed by atoms with Crippen molar-refractivity contribution in [3.8, 4) is 0 Å². The van der Waals surface area contributed by atoms with Gasteiger partial charge in [-0.1, -0.05) is 51.1 Å². The summed E-state index contributed by atoms with van der Waals surface area (Å²) in [6.07, 6.45) is 1.91. The summed E-state index contributed by atoms with van der Waals surface area (Å²) in [7, 11) is 1.63. The van der Waals surface area contributed by atoms with E-state index < -0.39 is 8.32 Å². The molecule has 1 fully saturated rings. The average Bonchev–Trinajstić information content (AvgIpc) is 2.60. The first-order chi connectivity index (χ1) is 12.7. The van der Waals surface area contributed by atoms with E-state index in [2.05, 4.69) is 46.0 Å². The Morgan fingerprint density at radius 1 is 1.00 bits per heavy atom. The molecule has 0 heterocycles. The van der Waals surface area contributed by atoms with Crippen LogP contribution in [0.4, 0.5) is 0 Å². The van der Waals surface area contributed by atoms with Gasteiger partial charge in [0.25, 0.3) is 0 Å². The molecule has 0 bridgehead atoms. The molecular weight excluding hydrogens is 356 g/mol. The van der Waals surface area contributed by atoms with E-state index >= 15 is 0 Å². The van der Waals surface area contributed by atoms with Gasteiger partial charge in [0, 0.05) is 20.8 Å². The smallest absolute Gasteiger partial charge is 0.192 e. The molecule has 0 amide bonds. The Morgan fingerprint density at radius 2 is 1.63 bits per heavy atom. The highest BCUT2D eigenvalue weighted by Crippen LogP contribution is 2.41. The minimum absolute atomic E-state index is 0.0254. The van der Waals surface area contributed by atoms with Crippen LogP contribution in [-0.2, 0) is 25.2 Å². The molecule has 4 nitrogen and oxygen atoms in total. The Hall–Kier alpha value is -0.723. The van der Waals surface area contributed by atoms with Gasteiger partial charge in [0.2, 0.25) is 0 Å². The SMILES string of the molecule is COC[C@H]1C[C@@H](OC)[C@H](OCc2ccccc2)[C@H](O[Si](C)(C)C(C)(C)C)C1. The maximum atomic E-state index is 6.83. The number of rotatable bonds is 8. The molecular formula is C22H38O4Si. The van der Waals surface area contributed by atoms with Crippen LogP contribution in [0.5, 0.6) is 0 Å². The van der Waals surface area contributed by atoms with Crippen molar-refractivity contribution in [3.05, 3.63) is 35.9 Å². The summed E-state index contributed by atoms with van der Waals surface area (Å²) in [6.45, 7) is 12.8.